The lowest BCUT2D eigenvalue weighted by Crippen LogP contribution is -2.60. The van der Waals surface area contributed by atoms with Crippen LogP contribution in [0.2, 0.25) is 0 Å². The first-order valence-corrected chi connectivity index (χ1v) is 7.95. The molecule has 0 aliphatic heterocycles. The lowest BCUT2D eigenvalue weighted by atomic mass is 9.45. The van der Waals surface area contributed by atoms with E-state index in [9.17, 15) is 10.2 Å². The number of rotatable bonds is 1. The fourth-order valence-corrected chi connectivity index (χ4v) is 6.02. The summed E-state index contributed by atoms with van der Waals surface area (Å²) in [6.45, 7) is 4.59. The lowest BCUT2D eigenvalue weighted by molar-refractivity contribution is -0.248. The molecule has 4 bridgehead atoms. The SMILES string of the molecule is CC1CC2CCC3(C(O)(O)S)CC(C)CC2C3C1. The molecular weight excluding hydrogens is 244 g/mol. The maximum Gasteiger partial charge on any atom is 0.216 e. The van der Waals surface area contributed by atoms with Gasteiger partial charge in [-0.25, -0.2) is 0 Å². The van der Waals surface area contributed by atoms with Crippen molar-refractivity contribution in [2.45, 2.75) is 57.5 Å². The fraction of sp³-hybridized carbons (Fsp3) is 1.00. The third-order valence-corrected chi connectivity index (χ3v) is 6.66. The van der Waals surface area contributed by atoms with E-state index in [0.29, 0.717) is 17.8 Å². The van der Waals surface area contributed by atoms with E-state index in [1.54, 1.807) is 0 Å². The van der Waals surface area contributed by atoms with Gasteiger partial charge in [0.1, 0.15) is 0 Å². The molecule has 0 aromatic heterocycles. The van der Waals surface area contributed by atoms with E-state index >= 15 is 0 Å². The Bertz CT molecular complexity index is 338. The van der Waals surface area contributed by atoms with Crippen molar-refractivity contribution in [3.8, 4) is 0 Å². The van der Waals surface area contributed by atoms with Gasteiger partial charge in [-0.05, 0) is 68.1 Å². The molecule has 0 heterocycles. The number of hydrogen-bond acceptors (Lipinski definition) is 3. The Balaban J connectivity index is 2.01. The maximum atomic E-state index is 10.3. The first-order chi connectivity index (χ1) is 8.33. The topological polar surface area (TPSA) is 40.5 Å². The number of aliphatic hydroxyl groups is 2. The van der Waals surface area contributed by atoms with Crippen LogP contribution in [0.1, 0.15) is 52.4 Å². The highest BCUT2D eigenvalue weighted by molar-refractivity contribution is 7.81. The minimum atomic E-state index is -1.80. The zero-order chi connectivity index (χ0) is 13.1. The molecule has 2 N–H and O–H groups in total. The van der Waals surface area contributed by atoms with E-state index in [1.165, 1.54) is 19.3 Å². The molecule has 0 saturated heterocycles. The molecule has 3 fully saturated rings. The highest BCUT2D eigenvalue weighted by Gasteiger charge is 2.62. The molecule has 6 unspecified atom stereocenters. The van der Waals surface area contributed by atoms with Gasteiger partial charge in [0, 0.05) is 5.41 Å². The Labute approximate surface area is 116 Å². The quantitative estimate of drug-likeness (QED) is 0.506. The molecule has 6 atom stereocenters. The van der Waals surface area contributed by atoms with Gasteiger partial charge in [-0.15, -0.1) is 12.6 Å². The van der Waals surface area contributed by atoms with Crippen molar-refractivity contribution >= 4 is 12.6 Å². The van der Waals surface area contributed by atoms with Gasteiger partial charge in [-0.2, -0.15) is 0 Å². The van der Waals surface area contributed by atoms with Gasteiger partial charge in [0.15, 0.2) is 0 Å². The van der Waals surface area contributed by atoms with Crippen molar-refractivity contribution in [2.75, 3.05) is 0 Å². The van der Waals surface area contributed by atoms with Crippen LogP contribution >= 0.6 is 12.6 Å². The Morgan fingerprint density at radius 1 is 1.11 bits per heavy atom. The van der Waals surface area contributed by atoms with Crippen LogP contribution in [0.4, 0.5) is 0 Å². The van der Waals surface area contributed by atoms with Crippen LogP contribution in [0.5, 0.6) is 0 Å². The minimum Gasteiger partial charge on any atom is -0.357 e. The van der Waals surface area contributed by atoms with E-state index < -0.39 is 5.12 Å². The second-order valence-electron chi connectivity index (χ2n) is 7.48. The van der Waals surface area contributed by atoms with Crippen LogP contribution < -0.4 is 0 Å². The summed E-state index contributed by atoms with van der Waals surface area (Å²) < 4.78 is 0. The third-order valence-electron chi connectivity index (χ3n) is 6.21. The molecule has 104 valence electrons. The van der Waals surface area contributed by atoms with Crippen LogP contribution in [0, 0.1) is 35.0 Å². The second-order valence-corrected chi connectivity index (χ2v) is 8.11. The molecular formula is C15H26O2S. The number of hydrogen-bond donors (Lipinski definition) is 3. The molecule has 18 heavy (non-hydrogen) atoms. The molecule has 0 aromatic rings. The average Bonchev–Trinajstić information content (AvgIpc) is 2.21. The van der Waals surface area contributed by atoms with Crippen LogP contribution in [0.3, 0.4) is 0 Å². The van der Waals surface area contributed by atoms with Crippen molar-refractivity contribution in [1.82, 2.24) is 0 Å². The molecule has 3 rings (SSSR count). The summed E-state index contributed by atoms with van der Waals surface area (Å²) >= 11 is 4.19. The van der Waals surface area contributed by atoms with E-state index in [4.69, 9.17) is 0 Å². The Morgan fingerprint density at radius 3 is 2.50 bits per heavy atom. The van der Waals surface area contributed by atoms with Gasteiger partial charge in [0.2, 0.25) is 5.12 Å². The van der Waals surface area contributed by atoms with Crippen molar-refractivity contribution in [1.29, 1.82) is 0 Å². The monoisotopic (exact) mass is 270 g/mol. The van der Waals surface area contributed by atoms with Crippen molar-refractivity contribution in [3.05, 3.63) is 0 Å². The smallest absolute Gasteiger partial charge is 0.216 e. The van der Waals surface area contributed by atoms with Gasteiger partial charge >= 0.3 is 0 Å². The summed E-state index contributed by atoms with van der Waals surface area (Å²) in [5, 5.41) is 18.8. The van der Waals surface area contributed by atoms with Crippen molar-refractivity contribution in [2.24, 2.45) is 35.0 Å². The summed E-state index contributed by atoms with van der Waals surface area (Å²) in [6.07, 6.45) is 6.85. The largest absolute Gasteiger partial charge is 0.357 e. The maximum absolute atomic E-state index is 10.3. The molecule has 3 saturated carbocycles. The van der Waals surface area contributed by atoms with Crippen LogP contribution in [0.25, 0.3) is 0 Å². The van der Waals surface area contributed by atoms with Gasteiger partial charge in [0.05, 0.1) is 0 Å². The third kappa shape index (κ3) is 1.77. The molecule has 3 heteroatoms. The van der Waals surface area contributed by atoms with Gasteiger partial charge < -0.3 is 10.2 Å². The predicted molar refractivity (Wildman–Crippen MR) is 75.1 cm³/mol. The fourth-order valence-electron chi connectivity index (χ4n) is 5.65. The first kappa shape index (κ1) is 13.3. The molecule has 0 aromatic carbocycles. The molecule has 3 aliphatic rings. The Kier molecular flexibility index (Phi) is 3.04. The molecule has 0 radical (unpaired) electrons. The standard InChI is InChI=1S/C15H26O2S/c1-9-5-11-3-4-14(15(16,17)18)8-10(2)6-12(11)13(14)7-9/h9-13,16-18H,3-8H2,1-2H3. The van der Waals surface area contributed by atoms with Crippen LogP contribution in [-0.4, -0.2) is 15.3 Å². The van der Waals surface area contributed by atoms with Gasteiger partial charge in [-0.3, -0.25) is 0 Å². The van der Waals surface area contributed by atoms with Crippen LogP contribution in [-0.2, 0) is 0 Å². The molecule has 3 aliphatic carbocycles. The molecule has 2 nitrogen and oxygen atoms in total. The highest BCUT2D eigenvalue weighted by Crippen LogP contribution is 2.65. The van der Waals surface area contributed by atoms with Crippen molar-refractivity contribution < 1.29 is 10.2 Å². The lowest BCUT2D eigenvalue weighted by Gasteiger charge is -2.62. The van der Waals surface area contributed by atoms with E-state index in [0.717, 1.165) is 31.1 Å². The minimum absolute atomic E-state index is 0.358. The zero-order valence-electron chi connectivity index (χ0n) is 11.5. The summed E-state index contributed by atoms with van der Waals surface area (Å²) in [6, 6.07) is 0. The van der Waals surface area contributed by atoms with Gasteiger partial charge in [-0.1, -0.05) is 13.8 Å². The normalized spacial score (nSPS) is 52.2. The van der Waals surface area contributed by atoms with E-state index in [1.807, 2.05) is 0 Å². The zero-order valence-corrected chi connectivity index (χ0v) is 12.4. The molecule has 0 spiro atoms. The Morgan fingerprint density at radius 2 is 1.83 bits per heavy atom. The van der Waals surface area contributed by atoms with Crippen molar-refractivity contribution in [3.63, 3.8) is 0 Å². The predicted octanol–water partition coefficient (Wildman–Crippen LogP) is 3.04. The highest BCUT2D eigenvalue weighted by atomic mass is 32.1. The van der Waals surface area contributed by atoms with Crippen LogP contribution in [0.15, 0.2) is 0 Å². The summed E-state index contributed by atoms with van der Waals surface area (Å²) in [5.74, 6) is 3.35. The summed E-state index contributed by atoms with van der Waals surface area (Å²) in [7, 11) is 0. The number of thiol groups is 1. The molecule has 0 amide bonds. The van der Waals surface area contributed by atoms with E-state index in [-0.39, 0.29) is 5.41 Å². The van der Waals surface area contributed by atoms with Gasteiger partial charge in [0.25, 0.3) is 0 Å². The second kappa shape index (κ2) is 4.13. The first-order valence-electron chi connectivity index (χ1n) is 7.50. The summed E-state index contributed by atoms with van der Waals surface area (Å²) in [4.78, 5) is 0. The van der Waals surface area contributed by atoms with E-state index in [2.05, 4.69) is 26.5 Å². The average molecular weight is 270 g/mol. The Hall–Kier alpha value is 0.270. The summed E-state index contributed by atoms with van der Waals surface area (Å²) in [5.41, 5.74) is -0.358.